The highest BCUT2D eigenvalue weighted by atomic mass is 16.2. The molecular formula is C19H21N5O. The Morgan fingerprint density at radius 2 is 1.76 bits per heavy atom. The molecule has 0 radical (unpaired) electrons. The summed E-state index contributed by atoms with van der Waals surface area (Å²) in [4.78, 5) is 12.3. The van der Waals surface area contributed by atoms with Crippen molar-refractivity contribution >= 4 is 16.9 Å². The Balaban J connectivity index is 1.43. The van der Waals surface area contributed by atoms with Crippen molar-refractivity contribution in [2.45, 2.75) is 25.8 Å². The molecular weight excluding hydrogens is 314 g/mol. The van der Waals surface area contributed by atoms with E-state index in [0.717, 1.165) is 42.5 Å². The van der Waals surface area contributed by atoms with E-state index in [-0.39, 0.29) is 5.91 Å². The average molecular weight is 335 g/mol. The van der Waals surface area contributed by atoms with E-state index in [1.165, 1.54) is 6.42 Å². The second kappa shape index (κ2) is 7.03. The van der Waals surface area contributed by atoms with Crippen LogP contribution < -0.4 is 5.43 Å². The fraction of sp³-hybridized carbons (Fsp3) is 0.316. The van der Waals surface area contributed by atoms with Gasteiger partial charge in [-0.1, -0.05) is 35.9 Å². The number of piperidine rings is 1. The number of fused-ring (bicyclic) bond motifs is 1. The number of amides is 1. The van der Waals surface area contributed by atoms with Gasteiger partial charge in [-0.05, 0) is 42.7 Å². The molecule has 1 aliphatic heterocycles. The molecule has 1 N–H and O–H groups in total. The van der Waals surface area contributed by atoms with Crippen LogP contribution in [-0.2, 0) is 6.54 Å². The standard InChI is InChI=1S/C19H21N5O/c25-19(21-23-12-4-1-5-13-23)16-10-8-15(9-11-16)14-24-18-7-3-2-6-17(18)20-22-24/h2-3,6-11H,1,4-5,12-14H2,(H,21,25). The molecule has 25 heavy (non-hydrogen) atoms. The van der Waals surface area contributed by atoms with Gasteiger partial charge in [-0.3, -0.25) is 10.2 Å². The van der Waals surface area contributed by atoms with Gasteiger partial charge < -0.3 is 0 Å². The van der Waals surface area contributed by atoms with Crippen molar-refractivity contribution in [3.63, 3.8) is 0 Å². The van der Waals surface area contributed by atoms with Crippen molar-refractivity contribution in [1.82, 2.24) is 25.4 Å². The molecule has 1 fully saturated rings. The number of hydrogen-bond acceptors (Lipinski definition) is 4. The van der Waals surface area contributed by atoms with Crippen LogP contribution in [0.4, 0.5) is 0 Å². The topological polar surface area (TPSA) is 63.1 Å². The van der Waals surface area contributed by atoms with E-state index in [1.54, 1.807) is 0 Å². The molecule has 0 spiro atoms. The highest BCUT2D eigenvalue weighted by molar-refractivity contribution is 5.93. The lowest BCUT2D eigenvalue weighted by molar-refractivity contribution is 0.0750. The molecule has 128 valence electrons. The van der Waals surface area contributed by atoms with Gasteiger partial charge in [-0.15, -0.1) is 5.10 Å². The average Bonchev–Trinajstić information content (AvgIpc) is 3.06. The fourth-order valence-corrected chi connectivity index (χ4v) is 3.18. The van der Waals surface area contributed by atoms with Crippen molar-refractivity contribution in [3.8, 4) is 0 Å². The predicted octanol–water partition coefficient (Wildman–Crippen LogP) is 2.61. The number of nitrogens with zero attached hydrogens (tertiary/aromatic N) is 4. The number of nitrogens with one attached hydrogen (secondary N) is 1. The third-order valence-corrected chi connectivity index (χ3v) is 4.58. The number of hydrazine groups is 1. The van der Waals surface area contributed by atoms with Crippen LogP contribution in [0.1, 0.15) is 35.2 Å². The second-order valence-corrected chi connectivity index (χ2v) is 6.42. The van der Waals surface area contributed by atoms with Gasteiger partial charge in [0.05, 0.1) is 12.1 Å². The van der Waals surface area contributed by atoms with Crippen LogP contribution in [0.3, 0.4) is 0 Å². The monoisotopic (exact) mass is 335 g/mol. The Morgan fingerprint density at radius 1 is 1.00 bits per heavy atom. The minimum atomic E-state index is -0.0420. The summed E-state index contributed by atoms with van der Waals surface area (Å²) in [5.74, 6) is -0.0420. The number of hydrogen-bond donors (Lipinski definition) is 1. The zero-order valence-corrected chi connectivity index (χ0v) is 14.1. The summed E-state index contributed by atoms with van der Waals surface area (Å²) in [6, 6.07) is 15.6. The number of carbonyl (C=O) groups is 1. The fourth-order valence-electron chi connectivity index (χ4n) is 3.18. The quantitative estimate of drug-likeness (QED) is 0.796. The molecule has 0 atom stereocenters. The second-order valence-electron chi connectivity index (χ2n) is 6.42. The number of para-hydroxylation sites is 1. The summed E-state index contributed by atoms with van der Waals surface area (Å²) in [6.45, 7) is 2.50. The molecule has 2 aromatic carbocycles. The molecule has 3 aromatic rings. The lowest BCUT2D eigenvalue weighted by Crippen LogP contribution is -2.45. The van der Waals surface area contributed by atoms with Crippen molar-refractivity contribution in [2.75, 3.05) is 13.1 Å². The van der Waals surface area contributed by atoms with Crippen LogP contribution in [0.5, 0.6) is 0 Å². The molecule has 1 aliphatic rings. The number of rotatable bonds is 4. The van der Waals surface area contributed by atoms with Crippen LogP contribution in [0, 0.1) is 0 Å². The predicted molar refractivity (Wildman–Crippen MR) is 96.0 cm³/mol. The van der Waals surface area contributed by atoms with Crippen LogP contribution in [-0.4, -0.2) is 39.0 Å². The Kier molecular flexibility index (Phi) is 4.43. The minimum absolute atomic E-state index is 0.0420. The Hall–Kier alpha value is -2.73. The molecule has 2 heterocycles. The van der Waals surface area contributed by atoms with Gasteiger partial charge >= 0.3 is 0 Å². The molecule has 0 aliphatic carbocycles. The smallest absolute Gasteiger partial charge is 0.265 e. The summed E-state index contributed by atoms with van der Waals surface area (Å²) in [6.07, 6.45) is 3.54. The summed E-state index contributed by atoms with van der Waals surface area (Å²) in [7, 11) is 0. The van der Waals surface area contributed by atoms with Gasteiger partial charge in [0.15, 0.2) is 0 Å². The summed E-state index contributed by atoms with van der Waals surface area (Å²) in [5.41, 5.74) is 6.66. The van der Waals surface area contributed by atoms with Gasteiger partial charge in [0, 0.05) is 18.7 Å². The molecule has 4 rings (SSSR count). The Morgan fingerprint density at radius 3 is 2.56 bits per heavy atom. The van der Waals surface area contributed by atoms with E-state index < -0.39 is 0 Å². The normalized spacial score (nSPS) is 15.4. The van der Waals surface area contributed by atoms with Gasteiger partial charge in [0.1, 0.15) is 5.52 Å². The van der Waals surface area contributed by atoms with E-state index in [4.69, 9.17) is 0 Å². The highest BCUT2D eigenvalue weighted by Crippen LogP contribution is 2.13. The first-order valence-electron chi connectivity index (χ1n) is 8.73. The molecule has 0 saturated carbocycles. The molecule has 1 saturated heterocycles. The van der Waals surface area contributed by atoms with Crippen LogP contribution in [0.2, 0.25) is 0 Å². The SMILES string of the molecule is O=C(NN1CCCCC1)c1ccc(Cn2nnc3ccccc32)cc1. The Labute approximate surface area is 146 Å². The molecule has 0 unspecified atom stereocenters. The van der Waals surface area contributed by atoms with E-state index in [0.29, 0.717) is 12.1 Å². The van der Waals surface area contributed by atoms with E-state index >= 15 is 0 Å². The summed E-state index contributed by atoms with van der Waals surface area (Å²) >= 11 is 0. The van der Waals surface area contributed by atoms with Gasteiger partial charge in [-0.25, -0.2) is 9.69 Å². The van der Waals surface area contributed by atoms with Crippen molar-refractivity contribution < 1.29 is 4.79 Å². The maximum atomic E-state index is 12.3. The van der Waals surface area contributed by atoms with Crippen molar-refractivity contribution in [1.29, 1.82) is 0 Å². The number of aromatic nitrogens is 3. The molecule has 0 bridgehead atoms. The van der Waals surface area contributed by atoms with Crippen molar-refractivity contribution in [3.05, 3.63) is 59.7 Å². The zero-order valence-electron chi connectivity index (χ0n) is 14.1. The maximum absolute atomic E-state index is 12.3. The lowest BCUT2D eigenvalue weighted by Gasteiger charge is -2.26. The van der Waals surface area contributed by atoms with Gasteiger partial charge in [0.25, 0.3) is 5.91 Å². The third-order valence-electron chi connectivity index (χ3n) is 4.58. The first-order chi connectivity index (χ1) is 12.3. The number of carbonyl (C=O) groups excluding carboxylic acids is 1. The van der Waals surface area contributed by atoms with E-state index in [9.17, 15) is 4.79 Å². The highest BCUT2D eigenvalue weighted by Gasteiger charge is 2.14. The molecule has 6 nitrogen and oxygen atoms in total. The first-order valence-corrected chi connectivity index (χ1v) is 8.73. The van der Waals surface area contributed by atoms with E-state index in [2.05, 4.69) is 15.7 Å². The molecule has 6 heteroatoms. The van der Waals surface area contributed by atoms with Crippen LogP contribution >= 0.6 is 0 Å². The Bertz CT molecular complexity index is 865. The van der Waals surface area contributed by atoms with E-state index in [1.807, 2.05) is 58.2 Å². The van der Waals surface area contributed by atoms with Crippen LogP contribution in [0.15, 0.2) is 48.5 Å². The molecule has 1 amide bonds. The maximum Gasteiger partial charge on any atom is 0.265 e. The third kappa shape index (κ3) is 3.53. The zero-order chi connectivity index (χ0) is 17.1. The van der Waals surface area contributed by atoms with Gasteiger partial charge in [-0.2, -0.15) is 0 Å². The molecule has 1 aromatic heterocycles. The summed E-state index contributed by atoms with van der Waals surface area (Å²) < 4.78 is 1.87. The minimum Gasteiger partial charge on any atom is -0.285 e. The number of benzene rings is 2. The van der Waals surface area contributed by atoms with Crippen molar-refractivity contribution in [2.24, 2.45) is 0 Å². The van der Waals surface area contributed by atoms with Gasteiger partial charge in [0.2, 0.25) is 0 Å². The largest absolute Gasteiger partial charge is 0.285 e. The lowest BCUT2D eigenvalue weighted by atomic mass is 10.1. The van der Waals surface area contributed by atoms with Crippen LogP contribution in [0.25, 0.3) is 11.0 Å². The summed E-state index contributed by atoms with van der Waals surface area (Å²) in [5, 5.41) is 10.4. The first kappa shape index (κ1) is 15.8.